The Bertz CT molecular complexity index is 964. The van der Waals surface area contributed by atoms with E-state index in [1.165, 1.54) is 24.3 Å². The van der Waals surface area contributed by atoms with Crippen LogP contribution in [0.15, 0.2) is 54.6 Å². The lowest BCUT2D eigenvalue weighted by atomic mass is 9.93. The summed E-state index contributed by atoms with van der Waals surface area (Å²) in [6.45, 7) is 4.23. The van der Waals surface area contributed by atoms with Crippen molar-refractivity contribution in [2.24, 2.45) is 0 Å². The fourth-order valence-electron chi connectivity index (χ4n) is 3.97. The van der Waals surface area contributed by atoms with Crippen LogP contribution in [0.3, 0.4) is 0 Å². The molecule has 190 valence electrons. The summed E-state index contributed by atoms with van der Waals surface area (Å²) in [6, 6.07) is 14.4. The number of halogens is 3. The average Bonchev–Trinajstić information content (AvgIpc) is 2.82. The van der Waals surface area contributed by atoms with E-state index in [1.807, 2.05) is 42.2 Å². The van der Waals surface area contributed by atoms with Gasteiger partial charge in [-0.3, -0.25) is 9.59 Å². The molecule has 2 aromatic rings. The average molecular weight is 494 g/mol. The van der Waals surface area contributed by atoms with Crippen molar-refractivity contribution in [3.05, 3.63) is 60.2 Å². The number of ether oxygens (including phenoxy) is 2. The number of nitrogens with one attached hydrogen (secondary N) is 1. The number of morpholine rings is 1. The minimum atomic E-state index is -4.75. The molecule has 0 unspecified atom stereocenters. The SMILES string of the molecule is C[C@@H](CN(C)c1ccc(OC(F)(F)F)cc1)NC(=O)[C@@H](CC(=O)N1CCOCC1)c1ccccc1. The Morgan fingerprint density at radius 3 is 2.31 bits per heavy atom. The molecule has 10 heteroatoms. The van der Waals surface area contributed by atoms with Gasteiger partial charge in [-0.25, -0.2) is 0 Å². The van der Waals surface area contributed by atoms with E-state index in [9.17, 15) is 22.8 Å². The van der Waals surface area contributed by atoms with Crippen molar-refractivity contribution in [3.8, 4) is 5.75 Å². The summed E-state index contributed by atoms with van der Waals surface area (Å²) in [6.07, 6.45) is -4.69. The van der Waals surface area contributed by atoms with Gasteiger partial charge in [0.2, 0.25) is 11.8 Å². The summed E-state index contributed by atoms with van der Waals surface area (Å²) >= 11 is 0. The largest absolute Gasteiger partial charge is 0.573 e. The van der Waals surface area contributed by atoms with E-state index in [0.717, 1.165) is 5.56 Å². The van der Waals surface area contributed by atoms with Gasteiger partial charge in [0.25, 0.3) is 0 Å². The number of anilines is 1. The number of rotatable bonds is 9. The normalized spacial score (nSPS) is 15.7. The number of benzene rings is 2. The molecule has 2 aromatic carbocycles. The van der Waals surface area contributed by atoms with Crippen LogP contribution >= 0.6 is 0 Å². The summed E-state index contributed by atoms with van der Waals surface area (Å²) in [7, 11) is 1.78. The van der Waals surface area contributed by atoms with E-state index in [0.29, 0.717) is 38.5 Å². The van der Waals surface area contributed by atoms with Crippen molar-refractivity contribution < 1.29 is 32.2 Å². The molecule has 1 aliphatic heterocycles. The molecule has 2 atom stereocenters. The first-order valence-electron chi connectivity index (χ1n) is 11.4. The Balaban J connectivity index is 1.61. The Hall–Kier alpha value is -3.27. The van der Waals surface area contributed by atoms with E-state index in [2.05, 4.69) is 10.1 Å². The van der Waals surface area contributed by atoms with Crippen molar-refractivity contribution in [2.45, 2.75) is 31.7 Å². The Morgan fingerprint density at radius 2 is 1.71 bits per heavy atom. The molecule has 0 radical (unpaired) electrons. The van der Waals surface area contributed by atoms with Crippen LogP contribution in [0.2, 0.25) is 0 Å². The van der Waals surface area contributed by atoms with Crippen molar-refractivity contribution in [2.75, 3.05) is 44.8 Å². The van der Waals surface area contributed by atoms with Gasteiger partial charge >= 0.3 is 6.36 Å². The second-order valence-corrected chi connectivity index (χ2v) is 8.49. The lowest BCUT2D eigenvalue weighted by Gasteiger charge is -2.29. The second-order valence-electron chi connectivity index (χ2n) is 8.49. The highest BCUT2D eigenvalue weighted by Gasteiger charge is 2.31. The lowest BCUT2D eigenvalue weighted by molar-refractivity contribution is -0.274. The third-order valence-corrected chi connectivity index (χ3v) is 5.71. The van der Waals surface area contributed by atoms with E-state index in [1.54, 1.807) is 11.9 Å². The molecular weight excluding hydrogens is 463 g/mol. The predicted molar refractivity (Wildman–Crippen MR) is 125 cm³/mol. The van der Waals surface area contributed by atoms with Crippen LogP contribution in [0, 0.1) is 0 Å². The van der Waals surface area contributed by atoms with Crippen LogP contribution < -0.4 is 15.0 Å². The van der Waals surface area contributed by atoms with E-state index in [-0.39, 0.29) is 30.0 Å². The monoisotopic (exact) mass is 493 g/mol. The molecule has 1 fully saturated rings. The molecule has 3 rings (SSSR count). The molecule has 0 saturated carbocycles. The molecule has 0 aliphatic carbocycles. The highest BCUT2D eigenvalue weighted by atomic mass is 19.4. The maximum absolute atomic E-state index is 13.2. The fourth-order valence-corrected chi connectivity index (χ4v) is 3.97. The standard InChI is InChI=1S/C25H30F3N3O4/c1-18(17-30(2)20-8-10-21(11-9-20)35-25(26,27)28)29-24(33)22(19-6-4-3-5-7-19)16-23(32)31-12-14-34-15-13-31/h3-11,18,22H,12-17H2,1-2H3,(H,29,33)/t18-,22-/m0/s1. The fraction of sp³-hybridized carbons (Fsp3) is 0.440. The first-order valence-corrected chi connectivity index (χ1v) is 11.4. The first kappa shape index (κ1) is 26.3. The summed E-state index contributed by atoms with van der Waals surface area (Å²) in [4.78, 5) is 29.6. The maximum Gasteiger partial charge on any atom is 0.573 e. The van der Waals surface area contributed by atoms with Gasteiger partial charge in [0.15, 0.2) is 0 Å². The smallest absolute Gasteiger partial charge is 0.406 e. The topological polar surface area (TPSA) is 71.1 Å². The zero-order valence-corrected chi connectivity index (χ0v) is 19.8. The van der Waals surface area contributed by atoms with E-state index in [4.69, 9.17) is 4.74 Å². The molecule has 7 nitrogen and oxygen atoms in total. The highest BCUT2D eigenvalue weighted by Crippen LogP contribution is 2.25. The minimum Gasteiger partial charge on any atom is -0.406 e. The molecular formula is C25H30F3N3O4. The second kappa shape index (κ2) is 11.9. The molecule has 1 N–H and O–H groups in total. The van der Waals surface area contributed by atoms with Crippen LogP contribution in [-0.2, 0) is 14.3 Å². The number of carbonyl (C=O) groups is 2. The van der Waals surface area contributed by atoms with Crippen molar-refractivity contribution in [1.82, 2.24) is 10.2 Å². The number of carbonyl (C=O) groups excluding carboxylic acids is 2. The summed E-state index contributed by atoms with van der Waals surface area (Å²) in [5.74, 6) is -1.29. The summed E-state index contributed by atoms with van der Waals surface area (Å²) in [5.41, 5.74) is 1.43. The predicted octanol–water partition coefficient (Wildman–Crippen LogP) is 3.56. The quantitative estimate of drug-likeness (QED) is 0.579. The van der Waals surface area contributed by atoms with Crippen molar-refractivity contribution in [3.63, 3.8) is 0 Å². The molecule has 1 aliphatic rings. The van der Waals surface area contributed by atoms with Crippen LogP contribution in [-0.4, -0.2) is 69.0 Å². The third kappa shape index (κ3) is 8.17. The van der Waals surface area contributed by atoms with Crippen LogP contribution in [0.1, 0.15) is 24.8 Å². The molecule has 2 amide bonds. The van der Waals surface area contributed by atoms with Gasteiger partial charge in [-0.1, -0.05) is 30.3 Å². The Morgan fingerprint density at radius 1 is 1.09 bits per heavy atom. The minimum absolute atomic E-state index is 0.0546. The Kier molecular flexibility index (Phi) is 8.97. The van der Waals surface area contributed by atoms with Gasteiger partial charge in [0.1, 0.15) is 5.75 Å². The van der Waals surface area contributed by atoms with E-state index < -0.39 is 12.3 Å². The molecule has 0 spiro atoms. The van der Waals surface area contributed by atoms with E-state index >= 15 is 0 Å². The van der Waals surface area contributed by atoms with Gasteiger partial charge in [-0.2, -0.15) is 0 Å². The Labute approximate surface area is 202 Å². The molecule has 1 heterocycles. The number of alkyl halides is 3. The lowest BCUT2D eigenvalue weighted by Crippen LogP contribution is -2.45. The number of likely N-dealkylation sites (N-methyl/N-ethyl adjacent to an activating group) is 1. The van der Waals surface area contributed by atoms with Gasteiger partial charge in [-0.05, 0) is 36.8 Å². The van der Waals surface area contributed by atoms with Crippen LogP contribution in [0.4, 0.5) is 18.9 Å². The van der Waals surface area contributed by atoms with Crippen LogP contribution in [0.5, 0.6) is 5.75 Å². The molecule has 0 aromatic heterocycles. The molecule has 0 bridgehead atoms. The highest BCUT2D eigenvalue weighted by molar-refractivity contribution is 5.90. The summed E-state index contributed by atoms with van der Waals surface area (Å²) in [5, 5.41) is 2.98. The number of hydrogen-bond donors (Lipinski definition) is 1. The number of amides is 2. The van der Waals surface area contributed by atoms with Gasteiger partial charge in [0.05, 0.1) is 19.1 Å². The van der Waals surface area contributed by atoms with Crippen molar-refractivity contribution >= 4 is 17.5 Å². The van der Waals surface area contributed by atoms with Crippen molar-refractivity contribution in [1.29, 1.82) is 0 Å². The maximum atomic E-state index is 13.2. The van der Waals surface area contributed by atoms with Gasteiger partial charge < -0.3 is 24.6 Å². The number of hydrogen-bond acceptors (Lipinski definition) is 5. The van der Waals surface area contributed by atoms with Gasteiger partial charge in [0, 0.05) is 44.8 Å². The third-order valence-electron chi connectivity index (χ3n) is 5.71. The molecule has 1 saturated heterocycles. The van der Waals surface area contributed by atoms with Crippen LogP contribution in [0.25, 0.3) is 0 Å². The summed E-state index contributed by atoms with van der Waals surface area (Å²) < 4.78 is 46.3. The van der Waals surface area contributed by atoms with Gasteiger partial charge in [-0.15, -0.1) is 13.2 Å². The molecule has 35 heavy (non-hydrogen) atoms. The zero-order chi connectivity index (χ0) is 25.4. The zero-order valence-electron chi connectivity index (χ0n) is 19.8. The first-order chi connectivity index (χ1) is 16.6. The number of nitrogens with zero attached hydrogens (tertiary/aromatic N) is 2.